The predicted octanol–water partition coefficient (Wildman–Crippen LogP) is 4.43. The highest BCUT2D eigenvalue weighted by Gasteiger charge is 2.46. The zero-order valence-electron chi connectivity index (χ0n) is 23.9. The van der Waals surface area contributed by atoms with Gasteiger partial charge in [-0.3, -0.25) is 14.5 Å². The molecule has 42 heavy (non-hydrogen) atoms. The quantitative estimate of drug-likeness (QED) is 0.209. The number of carbonyl (C=O) groups excluding carboxylic acids is 2. The number of phenols is 1. The lowest BCUT2D eigenvalue weighted by molar-refractivity contribution is -0.140. The minimum Gasteiger partial charge on any atom is -0.507 e. The van der Waals surface area contributed by atoms with Crippen LogP contribution >= 0.6 is 0 Å². The Morgan fingerprint density at radius 1 is 1.00 bits per heavy atom. The van der Waals surface area contributed by atoms with Crippen LogP contribution in [0.1, 0.15) is 34.7 Å². The van der Waals surface area contributed by atoms with Crippen LogP contribution in [0.25, 0.3) is 5.76 Å². The summed E-state index contributed by atoms with van der Waals surface area (Å²) < 4.78 is 16.7. The summed E-state index contributed by atoms with van der Waals surface area (Å²) in [5, 5.41) is 21.6. The Labute approximate surface area is 245 Å². The maximum atomic E-state index is 13.4. The summed E-state index contributed by atoms with van der Waals surface area (Å²) in [5.74, 6) is -0.942. The SMILES string of the molecule is COc1cc([C@@H]2C(=C(O)c3ccc(OCc4ccccc4C)cc3)C(=O)C(=O)N2CCCN2CCOCC2)ccc1O. The van der Waals surface area contributed by atoms with E-state index in [0.29, 0.717) is 49.7 Å². The molecule has 0 saturated carbocycles. The van der Waals surface area contributed by atoms with Crippen LogP contribution < -0.4 is 9.47 Å². The third-order valence-electron chi connectivity index (χ3n) is 7.82. The molecule has 3 aromatic carbocycles. The van der Waals surface area contributed by atoms with E-state index in [2.05, 4.69) is 4.90 Å². The number of aryl methyl sites for hydroxylation is 1. The third-order valence-corrected chi connectivity index (χ3v) is 7.82. The number of rotatable bonds is 10. The fraction of sp³-hybridized carbons (Fsp3) is 0.333. The number of nitrogens with zero attached hydrogens (tertiary/aromatic N) is 2. The van der Waals surface area contributed by atoms with Gasteiger partial charge in [0.2, 0.25) is 0 Å². The number of Topliss-reactive ketones (excluding diaryl/α,β-unsaturated/α-hetero) is 1. The molecule has 0 bridgehead atoms. The number of amides is 1. The summed E-state index contributed by atoms with van der Waals surface area (Å²) in [4.78, 5) is 30.5. The highest BCUT2D eigenvalue weighted by Crippen LogP contribution is 2.42. The monoisotopic (exact) mass is 572 g/mol. The lowest BCUT2D eigenvalue weighted by atomic mass is 9.95. The smallest absolute Gasteiger partial charge is 0.295 e. The van der Waals surface area contributed by atoms with Gasteiger partial charge < -0.3 is 29.3 Å². The second kappa shape index (κ2) is 13.1. The van der Waals surface area contributed by atoms with Gasteiger partial charge in [0.15, 0.2) is 11.5 Å². The molecule has 2 N–H and O–H groups in total. The van der Waals surface area contributed by atoms with Crippen molar-refractivity contribution in [2.45, 2.75) is 26.0 Å². The van der Waals surface area contributed by atoms with Gasteiger partial charge in [-0.25, -0.2) is 0 Å². The van der Waals surface area contributed by atoms with Gasteiger partial charge >= 0.3 is 0 Å². The van der Waals surface area contributed by atoms with Crippen LogP contribution in [0, 0.1) is 6.92 Å². The number of benzene rings is 3. The molecular formula is C33H36N2O7. The Kier molecular flexibility index (Phi) is 9.09. The maximum Gasteiger partial charge on any atom is 0.295 e. The molecule has 0 spiro atoms. The molecule has 2 heterocycles. The van der Waals surface area contributed by atoms with Gasteiger partial charge in [-0.2, -0.15) is 0 Å². The fourth-order valence-electron chi connectivity index (χ4n) is 5.41. The molecule has 0 aliphatic carbocycles. The largest absolute Gasteiger partial charge is 0.507 e. The van der Waals surface area contributed by atoms with Gasteiger partial charge in [-0.15, -0.1) is 0 Å². The van der Waals surface area contributed by atoms with Crippen molar-refractivity contribution >= 4 is 17.4 Å². The van der Waals surface area contributed by atoms with Crippen molar-refractivity contribution in [1.82, 2.24) is 9.80 Å². The van der Waals surface area contributed by atoms with Crippen molar-refractivity contribution in [1.29, 1.82) is 0 Å². The van der Waals surface area contributed by atoms with Crippen molar-refractivity contribution in [2.75, 3.05) is 46.5 Å². The molecule has 1 atom stereocenters. The Balaban J connectivity index is 1.42. The Morgan fingerprint density at radius 3 is 2.45 bits per heavy atom. The number of ether oxygens (including phenoxy) is 3. The summed E-state index contributed by atoms with van der Waals surface area (Å²) >= 11 is 0. The average molecular weight is 573 g/mol. The van der Waals surface area contributed by atoms with Crippen LogP contribution in [0.3, 0.4) is 0 Å². The first-order valence-corrected chi connectivity index (χ1v) is 14.1. The molecule has 1 amide bonds. The second-order valence-electron chi connectivity index (χ2n) is 10.5. The number of methoxy groups -OCH3 is 1. The van der Waals surface area contributed by atoms with Gasteiger partial charge in [-0.05, 0) is 66.4 Å². The molecule has 5 rings (SSSR count). The van der Waals surface area contributed by atoms with Gasteiger partial charge in [0, 0.05) is 31.7 Å². The van der Waals surface area contributed by atoms with E-state index < -0.39 is 17.7 Å². The Hall–Kier alpha value is -4.34. The lowest BCUT2D eigenvalue weighted by Crippen LogP contribution is -2.38. The van der Waals surface area contributed by atoms with Crippen molar-refractivity contribution in [2.24, 2.45) is 0 Å². The number of phenolic OH excluding ortho intramolecular Hbond substituents is 1. The third kappa shape index (κ3) is 6.27. The topological polar surface area (TPSA) is 109 Å². The van der Waals surface area contributed by atoms with E-state index >= 15 is 0 Å². The van der Waals surface area contributed by atoms with Crippen LogP contribution in [0.15, 0.2) is 72.3 Å². The molecule has 9 nitrogen and oxygen atoms in total. The normalized spacial score (nSPS) is 18.8. The number of aliphatic hydroxyl groups is 1. The molecule has 3 aromatic rings. The van der Waals surface area contributed by atoms with Crippen LogP contribution in [0.4, 0.5) is 0 Å². The van der Waals surface area contributed by atoms with Crippen LogP contribution in [-0.4, -0.2) is 78.2 Å². The number of aromatic hydroxyl groups is 1. The molecule has 2 fully saturated rings. The lowest BCUT2D eigenvalue weighted by Gasteiger charge is -2.29. The van der Waals surface area contributed by atoms with Crippen molar-refractivity contribution in [3.8, 4) is 17.2 Å². The zero-order valence-corrected chi connectivity index (χ0v) is 23.9. The van der Waals surface area contributed by atoms with Crippen molar-refractivity contribution < 1.29 is 34.0 Å². The number of likely N-dealkylation sites (tertiary alicyclic amines) is 1. The molecular weight excluding hydrogens is 536 g/mol. The number of hydrogen-bond donors (Lipinski definition) is 2. The van der Waals surface area contributed by atoms with E-state index in [9.17, 15) is 19.8 Å². The molecule has 0 radical (unpaired) electrons. The van der Waals surface area contributed by atoms with Gasteiger partial charge in [0.05, 0.1) is 31.9 Å². The summed E-state index contributed by atoms with van der Waals surface area (Å²) in [6.45, 7) is 6.49. The molecule has 220 valence electrons. The number of hydrogen-bond acceptors (Lipinski definition) is 8. The molecule has 9 heteroatoms. The highest BCUT2D eigenvalue weighted by molar-refractivity contribution is 6.46. The Morgan fingerprint density at radius 2 is 1.74 bits per heavy atom. The van der Waals surface area contributed by atoms with E-state index in [-0.39, 0.29) is 22.8 Å². The number of morpholine rings is 1. The zero-order chi connectivity index (χ0) is 29.6. The summed E-state index contributed by atoms with van der Waals surface area (Å²) in [6.07, 6.45) is 0.645. The summed E-state index contributed by atoms with van der Waals surface area (Å²) in [6, 6.07) is 18.6. The molecule has 0 aromatic heterocycles. The van der Waals surface area contributed by atoms with E-state index in [1.165, 1.54) is 18.1 Å². The number of carbonyl (C=O) groups is 2. The first-order valence-electron chi connectivity index (χ1n) is 14.1. The number of aliphatic hydroxyl groups excluding tert-OH is 1. The van der Waals surface area contributed by atoms with Crippen LogP contribution in [0.5, 0.6) is 17.2 Å². The fourth-order valence-corrected chi connectivity index (χ4v) is 5.41. The molecule has 2 aliphatic heterocycles. The van der Waals surface area contributed by atoms with E-state index in [1.54, 1.807) is 36.4 Å². The van der Waals surface area contributed by atoms with E-state index in [4.69, 9.17) is 14.2 Å². The average Bonchev–Trinajstić information content (AvgIpc) is 3.26. The molecule has 0 unspecified atom stereocenters. The van der Waals surface area contributed by atoms with Crippen molar-refractivity contribution in [3.05, 3.63) is 94.6 Å². The second-order valence-corrected chi connectivity index (χ2v) is 10.5. The van der Waals surface area contributed by atoms with E-state index in [1.807, 2.05) is 31.2 Å². The highest BCUT2D eigenvalue weighted by atomic mass is 16.5. The van der Waals surface area contributed by atoms with Crippen LogP contribution in [0.2, 0.25) is 0 Å². The van der Waals surface area contributed by atoms with Crippen LogP contribution in [-0.2, 0) is 20.9 Å². The minimum atomic E-state index is -0.846. The first-order chi connectivity index (χ1) is 20.4. The van der Waals surface area contributed by atoms with Gasteiger partial charge in [-0.1, -0.05) is 30.3 Å². The van der Waals surface area contributed by atoms with Gasteiger partial charge in [0.25, 0.3) is 11.7 Å². The standard InChI is InChI=1S/C33H36N2O7/c1-22-6-3-4-7-25(22)21-42-26-11-8-23(9-12-26)31(37)29-30(24-10-13-27(36)28(20-24)40-2)35(33(39)32(29)38)15-5-14-34-16-18-41-19-17-34/h3-4,6-13,20,30,36-37H,5,14-19,21H2,1-2H3/t30-/m1/s1. The maximum absolute atomic E-state index is 13.4. The summed E-state index contributed by atoms with van der Waals surface area (Å²) in [5.41, 5.74) is 3.14. The van der Waals surface area contributed by atoms with E-state index in [0.717, 1.165) is 30.8 Å². The van der Waals surface area contributed by atoms with Crippen molar-refractivity contribution in [3.63, 3.8) is 0 Å². The summed E-state index contributed by atoms with van der Waals surface area (Å²) in [7, 11) is 1.43. The Bertz CT molecular complexity index is 1460. The number of ketones is 1. The first kappa shape index (κ1) is 29.2. The minimum absolute atomic E-state index is 0.00676. The predicted molar refractivity (Wildman–Crippen MR) is 157 cm³/mol. The molecule has 2 aliphatic rings. The van der Waals surface area contributed by atoms with Gasteiger partial charge in [0.1, 0.15) is 18.1 Å². The molecule has 2 saturated heterocycles.